The van der Waals surface area contributed by atoms with Crippen LogP contribution >= 0.6 is 0 Å². The van der Waals surface area contributed by atoms with Gasteiger partial charge in [0.2, 0.25) is 11.8 Å². The van der Waals surface area contributed by atoms with Crippen molar-refractivity contribution >= 4 is 35.5 Å². The molecule has 2 rings (SSSR count). The minimum absolute atomic E-state index is 0.123. The van der Waals surface area contributed by atoms with Gasteiger partial charge in [0.1, 0.15) is 25.7 Å². The van der Waals surface area contributed by atoms with E-state index in [0.29, 0.717) is 17.0 Å². The molecule has 1 saturated heterocycles. The number of ether oxygens (including phenoxy) is 2. The first-order chi connectivity index (χ1) is 13.8. The Morgan fingerprint density at radius 1 is 1.03 bits per heavy atom. The predicted molar refractivity (Wildman–Crippen MR) is 102 cm³/mol. The van der Waals surface area contributed by atoms with E-state index in [1.54, 1.807) is 37.3 Å². The lowest BCUT2D eigenvalue weighted by Gasteiger charge is -2.35. The Hall–Kier alpha value is -3.23. The average molecular weight is 404 g/mol. The molecule has 1 aromatic carbocycles. The molecule has 0 N–H and O–H groups in total. The number of hydrogen-bond acceptors (Lipinski definition) is 7. The Morgan fingerprint density at radius 3 is 2.28 bits per heavy atom. The molecule has 29 heavy (non-hydrogen) atoms. The molecular formula is C20H24N2O7. The lowest BCUT2D eigenvalue weighted by molar-refractivity contribution is -0.156. The van der Waals surface area contributed by atoms with Gasteiger partial charge >= 0.3 is 18.0 Å². The van der Waals surface area contributed by atoms with Crippen LogP contribution in [0, 0.1) is 11.8 Å². The minimum atomic E-state index is -1.11. The fourth-order valence-electron chi connectivity index (χ4n) is 2.58. The summed E-state index contributed by atoms with van der Waals surface area (Å²) in [4.78, 5) is 62.7. The number of imide groups is 2. The number of benzene rings is 1. The molecule has 1 aromatic rings. The zero-order valence-electron chi connectivity index (χ0n) is 16.6. The van der Waals surface area contributed by atoms with Gasteiger partial charge in [0.05, 0.1) is 11.6 Å². The van der Waals surface area contributed by atoms with Gasteiger partial charge in [-0.25, -0.2) is 9.69 Å². The van der Waals surface area contributed by atoms with E-state index in [9.17, 15) is 24.0 Å². The largest absolute Gasteiger partial charge is 0.462 e. The second-order valence-corrected chi connectivity index (χ2v) is 6.64. The number of para-hydroxylation sites is 1. The molecule has 0 bridgehead atoms. The molecule has 0 aliphatic carbocycles. The maximum atomic E-state index is 12.7. The van der Waals surface area contributed by atoms with Crippen LogP contribution < -0.4 is 4.90 Å². The van der Waals surface area contributed by atoms with Crippen LogP contribution in [0.4, 0.5) is 10.5 Å². The number of carbonyl (C=O) groups excluding carboxylic acids is 5. The topological polar surface area (TPSA) is 110 Å². The predicted octanol–water partition coefficient (Wildman–Crippen LogP) is 1.75. The number of carbonyl (C=O) groups is 5. The van der Waals surface area contributed by atoms with Gasteiger partial charge in [-0.1, -0.05) is 32.0 Å². The number of hydrogen-bond donors (Lipinski definition) is 0. The molecule has 9 heteroatoms. The molecule has 0 radical (unpaired) electrons. The summed E-state index contributed by atoms with van der Waals surface area (Å²) in [5.41, 5.74) is 0.303. The Labute approximate surface area is 168 Å². The van der Waals surface area contributed by atoms with Crippen molar-refractivity contribution in [3.05, 3.63) is 30.3 Å². The smallest absolute Gasteiger partial charge is 0.338 e. The second kappa shape index (κ2) is 9.81. The number of barbiturate groups is 1. The molecule has 1 aliphatic rings. The molecule has 1 heterocycles. The third-order valence-corrected chi connectivity index (χ3v) is 4.56. The van der Waals surface area contributed by atoms with Crippen molar-refractivity contribution < 1.29 is 33.4 Å². The zero-order valence-corrected chi connectivity index (χ0v) is 16.6. The number of nitrogens with zero attached hydrogens (tertiary/aromatic N) is 2. The summed E-state index contributed by atoms with van der Waals surface area (Å²) in [5, 5.41) is 0. The first kappa shape index (κ1) is 22.1. The molecule has 1 aliphatic heterocycles. The highest BCUT2D eigenvalue weighted by molar-refractivity contribution is 6.27. The highest BCUT2D eigenvalue weighted by Gasteiger charge is 2.45. The molecule has 2 atom stereocenters. The Balaban J connectivity index is 1.97. The van der Waals surface area contributed by atoms with Gasteiger partial charge in [-0.3, -0.25) is 24.1 Å². The third-order valence-electron chi connectivity index (χ3n) is 4.56. The van der Waals surface area contributed by atoms with E-state index < -0.39 is 42.2 Å². The van der Waals surface area contributed by atoms with Crippen LogP contribution in [0.5, 0.6) is 0 Å². The Kier molecular flexibility index (Phi) is 7.46. The summed E-state index contributed by atoms with van der Waals surface area (Å²) in [6.07, 6.45) is 0.632. The van der Waals surface area contributed by atoms with Gasteiger partial charge in [0, 0.05) is 0 Å². The quantitative estimate of drug-likeness (QED) is 0.369. The number of rotatable bonds is 8. The maximum absolute atomic E-state index is 12.7. The van der Waals surface area contributed by atoms with E-state index in [1.165, 1.54) is 6.92 Å². The van der Waals surface area contributed by atoms with E-state index in [2.05, 4.69) is 0 Å². The summed E-state index contributed by atoms with van der Waals surface area (Å²) in [7, 11) is 0. The first-order valence-electron chi connectivity index (χ1n) is 9.34. The summed E-state index contributed by atoms with van der Waals surface area (Å²) in [5.74, 6) is -4.04. The van der Waals surface area contributed by atoms with Crippen LogP contribution in [0.2, 0.25) is 0 Å². The first-order valence-corrected chi connectivity index (χ1v) is 9.34. The molecule has 156 valence electrons. The number of urea groups is 1. The standard InChI is InChI=1S/C20H24N2O7/c1-4-13(2)19(26)29-11-10-28-16(23)12-21-17(24)14(3)18(25)22(20(21)27)15-8-6-5-7-9-15/h5-9,13-14H,4,10-12H2,1-3H3. The molecule has 4 amide bonds. The van der Waals surface area contributed by atoms with Crippen LogP contribution in [0.25, 0.3) is 0 Å². The Morgan fingerprint density at radius 2 is 1.66 bits per heavy atom. The molecule has 9 nitrogen and oxygen atoms in total. The van der Waals surface area contributed by atoms with Gasteiger partial charge < -0.3 is 9.47 Å². The van der Waals surface area contributed by atoms with E-state index in [-0.39, 0.29) is 19.1 Å². The average Bonchev–Trinajstić information content (AvgIpc) is 2.73. The van der Waals surface area contributed by atoms with E-state index in [4.69, 9.17) is 9.47 Å². The highest BCUT2D eigenvalue weighted by atomic mass is 16.6. The van der Waals surface area contributed by atoms with Crippen molar-refractivity contribution in [1.82, 2.24) is 4.90 Å². The molecule has 0 saturated carbocycles. The van der Waals surface area contributed by atoms with Crippen LogP contribution in [-0.4, -0.2) is 54.4 Å². The van der Waals surface area contributed by atoms with Crippen LogP contribution in [0.15, 0.2) is 30.3 Å². The monoisotopic (exact) mass is 404 g/mol. The summed E-state index contributed by atoms with van der Waals surface area (Å²) < 4.78 is 9.91. The van der Waals surface area contributed by atoms with Crippen LogP contribution in [0.3, 0.4) is 0 Å². The number of anilines is 1. The lowest BCUT2D eigenvalue weighted by atomic mass is 10.1. The van der Waals surface area contributed by atoms with E-state index >= 15 is 0 Å². The fraction of sp³-hybridized carbons (Fsp3) is 0.450. The molecule has 0 spiro atoms. The highest BCUT2D eigenvalue weighted by Crippen LogP contribution is 2.24. The van der Waals surface area contributed by atoms with Crippen molar-refractivity contribution in [2.45, 2.75) is 27.2 Å². The lowest BCUT2D eigenvalue weighted by Crippen LogP contribution is -2.60. The summed E-state index contributed by atoms with van der Waals surface area (Å²) in [6, 6.07) is 7.22. The summed E-state index contributed by atoms with van der Waals surface area (Å²) >= 11 is 0. The molecular weight excluding hydrogens is 380 g/mol. The van der Waals surface area contributed by atoms with Gasteiger partial charge in [0.25, 0.3) is 0 Å². The third kappa shape index (κ3) is 5.18. The minimum Gasteiger partial charge on any atom is -0.462 e. The van der Waals surface area contributed by atoms with Crippen molar-refractivity contribution in [3.63, 3.8) is 0 Å². The molecule has 0 aromatic heterocycles. The van der Waals surface area contributed by atoms with Crippen molar-refractivity contribution in [2.75, 3.05) is 24.7 Å². The van der Waals surface area contributed by atoms with Crippen LogP contribution in [-0.2, 0) is 28.7 Å². The zero-order chi connectivity index (χ0) is 21.6. The van der Waals surface area contributed by atoms with Gasteiger partial charge in [0.15, 0.2) is 0 Å². The molecule has 1 fully saturated rings. The number of amides is 4. The Bertz CT molecular complexity index is 793. The SMILES string of the molecule is CCC(C)C(=O)OCCOC(=O)CN1C(=O)C(C)C(=O)N(c2ccccc2)C1=O. The van der Waals surface area contributed by atoms with Crippen molar-refractivity contribution in [3.8, 4) is 0 Å². The van der Waals surface area contributed by atoms with Crippen LogP contribution in [0.1, 0.15) is 27.2 Å². The van der Waals surface area contributed by atoms with Gasteiger partial charge in [-0.2, -0.15) is 0 Å². The van der Waals surface area contributed by atoms with E-state index in [1.807, 2.05) is 6.92 Å². The van der Waals surface area contributed by atoms with Crippen molar-refractivity contribution in [1.29, 1.82) is 0 Å². The second-order valence-electron chi connectivity index (χ2n) is 6.64. The normalized spacial score (nSPS) is 17.9. The summed E-state index contributed by atoms with van der Waals surface area (Å²) in [6.45, 7) is 3.99. The van der Waals surface area contributed by atoms with E-state index in [0.717, 1.165) is 4.90 Å². The fourth-order valence-corrected chi connectivity index (χ4v) is 2.58. The maximum Gasteiger partial charge on any atom is 0.338 e. The number of esters is 2. The molecule has 2 unspecified atom stereocenters. The van der Waals surface area contributed by atoms with Gasteiger partial charge in [-0.15, -0.1) is 0 Å². The van der Waals surface area contributed by atoms with Crippen molar-refractivity contribution in [2.24, 2.45) is 11.8 Å². The van der Waals surface area contributed by atoms with Gasteiger partial charge in [-0.05, 0) is 25.5 Å².